The molecule has 0 unspecified atom stereocenters. The number of nitrogens with two attached hydrogens (primary N) is 1. The van der Waals surface area contributed by atoms with Crippen molar-refractivity contribution in [2.45, 2.75) is 13.1 Å². The van der Waals surface area contributed by atoms with E-state index in [9.17, 15) is 0 Å². The summed E-state index contributed by atoms with van der Waals surface area (Å²) in [5.74, 6) is 0.869. The molecule has 5 nitrogen and oxygen atoms in total. The molecule has 0 aliphatic rings. The molecule has 0 bridgehead atoms. The molecule has 148 valence electrons. The van der Waals surface area contributed by atoms with Gasteiger partial charge in [-0.05, 0) is 46.5 Å². The van der Waals surface area contributed by atoms with E-state index in [4.69, 9.17) is 10.5 Å². The fourth-order valence-corrected chi connectivity index (χ4v) is 3.48. The molecule has 0 fully saturated rings. The first-order valence-corrected chi connectivity index (χ1v) is 9.85. The van der Waals surface area contributed by atoms with Gasteiger partial charge < -0.3 is 20.4 Å². The first-order chi connectivity index (χ1) is 14.3. The fourth-order valence-electron chi connectivity index (χ4n) is 3.48. The minimum Gasteiger partial charge on any atom is -0.497 e. The summed E-state index contributed by atoms with van der Waals surface area (Å²) in [6.45, 7) is 3.07. The maximum atomic E-state index is 5.53. The standard InChI is InChI=1S/C24H26N4O/c1-29-22-4-2-3-19(13-22)16-28-17-27-23-10-9-21(14-24(23)28)20-7-5-18(6-8-20)15-26-12-11-25/h2-10,13-14,17,26H,11-12,15-16,25H2,1H3. The smallest absolute Gasteiger partial charge is 0.119 e. The summed E-state index contributed by atoms with van der Waals surface area (Å²) < 4.78 is 7.52. The third-order valence-corrected chi connectivity index (χ3v) is 5.05. The Kier molecular flexibility index (Phi) is 5.89. The van der Waals surface area contributed by atoms with Gasteiger partial charge in [0.05, 0.1) is 24.5 Å². The second-order valence-electron chi connectivity index (χ2n) is 7.09. The van der Waals surface area contributed by atoms with Crippen molar-refractivity contribution in [1.82, 2.24) is 14.9 Å². The van der Waals surface area contributed by atoms with E-state index in [0.29, 0.717) is 6.54 Å². The van der Waals surface area contributed by atoms with Crippen LogP contribution in [-0.2, 0) is 13.1 Å². The Hall–Kier alpha value is -3.15. The highest BCUT2D eigenvalue weighted by Crippen LogP contribution is 2.25. The number of aromatic nitrogens is 2. The Labute approximate surface area is 171 Å². The van der Waals surface area contributed by atoms with Crippen molar-refractivity contribution in [3.63, 3.8) is 0 Å². The molecule has 0 saturated heterocycles. The number of fused-ring (bicyclic) bond motifs is 1. The SMILES string of the molecule is COc1cccc(Cn2cnc3ccc(-c4ccc(CNCCN)cc4)cc32)c1. The van der Waals surface area contributed by atoms with E-state index in [2.05, 4.69) is 69.5 Å². The molecule has 4 aromatic rings. The molecule has 0 aliphatic carbocycles. The lowest BCUT2D eigenvalue weighted by molar-refractivity contribution is 0.414. The second-order valence-corrected chi connectivity index (χ2v) is 7.09. The van der Waals surface area contributed by atoms with E-state index >= 15 is 0 Å². The molecular formula is C24H26N4O. The molecule has 29 heavy (non-hydrogen) atoms. The van der Waals surface area contributed by atoms with Crippen molar-refractivity contribution in [2.75, 3.05) is 20.2 Å². The molecule has 0 radical (unpaired) electrons. The van der Waals surface area contributed by atoms with Crippen molar-refractivity contribution in [3.8, 4) is 16.9 Å². The van der Waals surface area contributed by atoms with Gasteiger partial charge in [-0.15, -0.1) is 0 Å². The monoisotopic (exact) mass is 386 g/mol. The molecule has 0 saturated carbocycles. The Morgan fingerprint density at radius 1 is 0.966 bits per heavy atom. The lowest BCUT2D eigenvalue weighted by Crippen LogP contribution is -2.21. The Bertz CT molecular complexity index is 1090. The molecule has 1 aromatic heterocycles. The first-order valence-electron chi connectivity index (χ1n) is 9.85. The van der Waals surface area contributed by atoms with Crippen LogP contribution in [0, 0.1) is 0 Å². The van der Waals surface area contributed by atoms with E-state index in [-0.39, 0.29) is 0 Å². The zero-order valence-electron chi connectivity index (χ0n) is 16.6. The van der Waals surface area contributed by atoms with E-state index in [1.807, 2.05) is 18.5 Å². The van der Waals surface area contributed by atoms with Crippen LogP contribution in [0.1, 0.15) is 11.1 Å². The molecule has 3 N–H and O–H groups in total. The Morgan fingerprint density at radius 2 is 1.79 bits per heavy atom. The topological polar surface area (TPSA) is 65.1 Å². The van der Waals surface area contributed by atoms with Crippen LogP contribution >= 0.6 is 0 Å². The van der Waals surface area contributed by atoms with Gasteiger partial charge >= 0.3 is 0 Å². The number of nitrogens with one attached hydrogen (secondary N) is 1. The molecule has 5 heteroatoms. The Balaban J connectivity index is 1.58. The number of hydrogen-bond acceptors (Lipinski definition) is 4. The minimum atomic E-state index is 0.654. The number of methoxy groups -OCH3 is 1. The summed E-state index contributed by atoms with van der Waals surface area (Å²) in [6.07, 6.45) is 1.90. The normalized spacial score (nSPS) is 11.1. The van der Waals surface area contributed by atoms with Gasteiger partial charge in [0, 0.05) is 26.2 Å². The number of benzene rings is 3. The maximum Gasteiger partial charge on any atom is 0.119 e. The highest BCUT2D eigenvalue weighted by Gasteiger charge is 2.07. The van der Waals surface area contributed by atoms with Gasteiger partial charge in [-0.2, -0.15) is 0 Å². The quantitative estimate of drug-likeness (QED) is 0.452. The van der Waals surface area contributed by atoms with Crippen molar-refractivity contribution < 1.29 is 4.74 Å². The highest BCUT2D eigenvalue weighted by molar-refractivity contribution is 5.82. The van der Waals surface area contributed by atoms with Gasteiger partial charge in [0.1, 0.15) is 5.75 Å². The van der Waals surface area contributed by atoms with Gasteiger partial charge in [-0.25, -0.2) is 4.98 Å². The number of nitrogens with zero attached hydrogens (tertiary/aromatic N) is 2. The van der Waals surface area contributed by atoms with Gasteiger partial charge in [-0.1, -0.05) is 42.5 Å². The number of imidazole rings is 1. The molecule has 3 aromatic carbocycles. The van der Waals surface area contributed by atoms with Gasteiger partial charge in [0.25, 0.3) is 0 Å². The third-order valence-electron chi connectivity index (χ3n) is 5.05. The maximum absolute atomic E-state index is 5.53. The zero-order valence-corrected chi connectivity index (χ0v) is 16.6. The molecule has 0 amide bonds. The number of hydrogen-bond donors (Lipinski definition) is 2. The molecule has 1 heterocycles. The number of rotatable bonds is 8. The predicted molar refractivity (Wildman–Crippen MR) is 118 cm³/mol. The van der Waals surface area contributed by atoms with Crippen LogP contribution in [0.4, 0.5) is 0 Å². The summed E-state index contributed by atoms with van der Waals surface area (Å²) >= 11 is 0. The molecular weight excluding hydrogens is 360 g/mol. The predicted octanol–water partition coefficient (Wildman–Crippen LogP) is 3.81. The summed E-state index contributed by atoms with van der Waals surface area (Å²) in [6, 6.07) is 23.2. The summed E-state index contributed by atoms with van der Waals surface area (Å²) in [4.78, 5) is 4.56. The van der Waals surface area contributed by atoms with E-state index < -0.39 is 0 Å². The summed E-state index contributed by atoms with van der Waals surface area (Å²) in [7, 11) is 1.69. The third kappa shape index (κ3) is 4.47. The van der Waals surface area contributed by atoms with Crippen LogP contribution in [0.15, 0.2) is 73.1 Å². The minimum absolute atomic E-state index is 0.654. The average Bonchev–Trinajstić information content (AvgIpc) is 3.16. The lowest BCUT2D eigenvalue weighted by Gasteiger charge is -2.09. The van der Waals surface area contributed by atoms with Crippen molar-refractivity contribution >= 4 is 11.0 Å². The zero-order chi connectivity index (χ0) is 20.1. The Morgan fingerprint density at radius 3 is 2.59 bits per heavy atom. The van der Waals surface area contributed by atoms with Crippen molar-refractivity contribution in [1.29, 1.82) is 0 Å². The number of ether oxygens (including phenoxy) is 1. The highest BCUT2D eigenvalue weighted by atomic mass is 16.5. The van der Waals surface area contributed by atoms with Crippen LogP contribution in [0.2, 0.25) is 0 Å². The van der Waals surface area contributed by atoms with E-state index in [1.54, 1.807) is 7.11 Å². The largest absolute Gasteiger partial charge is 0.497 e. The van der Waals surface area contributed by atoms with Crippen molar-refractivity contribution in [3.05, 3.63) is 84.2 Å². The average molecular weight is 386 g/mol. The van der Waals surface area contributed by atoms with Crippen molar-refractivity contribution in [2.24, 2.45) is 5.73 Å². The van der Waals surface area contributed by atoms with Crippen LogP contribution in [0.3, 0.4) is 0 Å². The first kappa shape index (κ1) is 19.2. The van der Waals surface area contributed by atoms with Crippen LogP contribution in [0.25, 0.3) is 22.2 Å². The summed E-state index contributed by atoms with van der Waals surface area (Å²) in [5, 5.41) is 3.32. The lowest BCUT2D eigenvalue weighted by atomic mass is 10.0. The van der Waals surface area contributed by atoms with Crippen LogP contribution in [0.5, 0.6) is 5.75 Å². The molecule has 4 rings (SSSR count). The van der Waals surface area contributed by atoms with Crippen LogP contribution in [-0.4, -0.2) is 29.8 Å². The summed E-state index contributed by atoms with van der Waals surface area (Å²) in [5.41, 5.74) is 12.5. The van der Waals surface area contributed by atoms with E-state index in [1.165, 1.54) is 22.3 Å². The van der Waals surface area contributed by atoms with Gasteiger partial charge in [0.15, 0.2) is 0 Å². The molecule has 0 aliphatic heterocycles. The molecule has 0 atom stereocenters. The second kappa shape index (κ2) is 8.90. The van der Waals surface area contributed by atoms with Crippen LogP contribution < -0.4 is 15.8 Å². The fraction of sp³-hybridized carbons (Fsp3) is 0.208. The van der Waals surface area contributed by atoms with Gasteiger partial charge in [-0.3, -0.25) is 0 Å². The van der Waals surface area contributed by atoms with Gasteiger partial charge in [0.2, 0.25) is 0 Å². The molecule has 0 spiro atoms. The van der Waals surface area contributed by atoms with E-state index in [0.717, 1.165) is 36.4 Å².